The number of fused-ring (bicyclic) bond motifs is 1. The summed E-state index contributed by atoms with van der Waals surface area (Å²) in [6.45, 7) is 7.35. The number of hydrogen-bond acceptors (Lipinski definition) is 5. The molecule has 1 aromatic carbocycles. The van der Waals surface area contributed by atoms with Crippen LogP contribution >= 0.6 is 11.3 Å². The monoisotopic (exact) mass is 435 g/mol. The Bertz CT molecular complexity index is 1100. The molecule has 0 bridgehead atoms. The van der Waals surface area contributed by atoms with E-state index in [0.717, 1.165) is 23.1 Å². The maximum atomic E-state index is 12.4. The number of allylic oxidation sites excluding steroid dienone is 1. The average Bonchev–Trinajstić information content (AvgIpc) is 2.98. The van der Waals surface area contributed by atoms with Gasteiger partial charge in [0.2, 0.25) is 5.91 Å². The predicted octanol–water partition coefficient (Wildman–Crippen LogP) is 1.99. The van der Waals surface area contributed by atoms with Crippen molar-refractivity contribution in [2.24, 2.45) is 10.9 Å². The highest BCUT2D eigenvalue weighted by Gasteiger charge is 2.27. The van der Waals surface area contributed by atoms with Gasteiger partial charge in [0.25, 0.3) is 5.91 Å². The van der Waals surface area contributed by atoms with Crippen LogP contribution in [-0.2, 0) is 26.0 Å². The van der Waals surface area contributed by atoms with Crippen molar-refractivity contribution in [2.75, 3.05) is 24.6 Å². The summed E-state index contributed by atoms with van der Waals surface area (Å²) >= 11 is 1.31. The molecule has 156 valence electrons. The van der Waals surface area contributed by atoms with Crippen LogP contribution in [0.1, 0.15) is 19.8 Å². The van der Waals surface area contributed by atoms with E-state index in [1.807, 2.05) is 35.8 Å². The lowest BCUT2D eigenvalue weighted by Gasteiger charge is -2.30. The van der Waals surface area contributed by atoms with Gasteiger partial charge >= 0.3 is 0 Å². The molecule has 0 aliphatic carbocycles. The number of nitrogens with zero attached hydrogens (tertiary/aromatic N) is 3. The number of carbonyl (C=O) groups excluding carboxylic acids is 2. The minimum Gasteiger partial charge on any atom is -0.342 e. The number of sulfone groups is 1. The van der Waals surface area contributed by atoms with E-state index in [4.69, 9.17) is 0 Å². The quantitative estimate of drug-likeness (QED) is 0.649. The van der Waals surface area contributed by atoms with Crippen LogP contribution in [0.25, 0.3) is 10.2 Å². The van der Waals surface area contributed by atoms with Crippen LogP contribution in [0, 0.1) is 5.92 Å². The Morgan fingerprint density at radius 2 is 2.07 bits per heavy atom. The van der Waals surface area contributed by atoms with Gasteiger partial charge in [-0.2, -0.15) is 4.99 Å². The van der Waals surface area contributed by atoms with Crippen molar-refractivity contribution in [3.8, 4) is 0 Å². The lowest BCUT2D eigenvalue weighted by molar-refractivity contribution is -0.130. The molecule has 0 N–H and O–H groups in total. The van der Waals surface area contributed by atoms with Gasteiger partial charge in [-0.25, -0.2) is 8.42 Å². The second kappa shape index (κ2) is 9.04. The zero-order valence-electron chi connectivity index (χ0n) is 16.4. The first-order chi connectivity index (χ1) is 13.8. The van der Waals surface area contributed by atoms with E-state index in [0.29, 0.717) is 30.4 Å². The normalized spacial score (nSPS) is 18.2. The molecule has 1 aliphatic rings. The Labute approximate surface area is 174 Å². The Hall–Kier alpha value is -2.26. The zero-order valence-corrected chi connectivity index (χ0v) is 18.0. The van der Waals surface area contributed by atoms with E-state index in [-0.39, 0.29) is 0 Å². The molecule has 3 rings (SSSR count). The van der Waals surface area contributed by atoms with Crippen LogP contribution in [0.3, 0.4) is 0 Å². The first-order valence-corrected chi connectivity index (χ1v) is 12.2. The fraction of sp³-hybridized carbons (Fsp3) is 0.450. The van der Waals surface area contributed by atoms with Gasteiger partial charge in [-0.05, 0) is 30.9 Å². The molecule has 1 atom stereocenters. The second-order valence-corrected chi connectivity index (χ2v) is 10.5. The van der Waals surface area contributed by atoms with Gasteiger partial charge in [-0.1, -0.05) is 36.5 Å². The minimum absolute atomic E-state index is 0.361. The van der Waals surface area contributed by atoms with Crippen molar-refractivity contribution >= 4 is 43.2 Å². The van der Waals surface area contributed by atoms with Crippen molar-refractivity contribution in [3.05, 3.63) is 41.7 Å². The summed E-state index contributed by atoms with van der Waals surface area (Å²) in [6, 6.07) is 7.60. The predicted molar refractivity (Wildman–Crippen MR) is 114 cm³/mol. The average molecular weight is 436 g/mol. The third kappa shape index (κ3) is 5.42. The largest absolute Gasteiger partial charge is 0.342 e. The summed E-state index contributed by atoms with van der Waals surface area (Å²) in [6.07, 6.45) is 3.60. The fourth-order valence-electron chi connectivity index (χ4n) is 3.49. The third-order valence-corrected chi connectivity index (χ3v) is 7.25. The SMILES string of the molecule is C=CCn1c(=NC(=O)CS(=O)(=O)CC(=O)N2CCCC(C)C2)sc2ccccc21. The number of thiazole rings is 1. The molecule has 2 aromatic rings. The molecular weight excluding hydrogens is 410 g/mol. The molecule has 2 heterocycles. The van der Waals surface area contributed by atoms with Crippen molar-refractivity contribution in [1.29, 1.82) is 0 Å². The lowest BCUT2D eigenvalue weighted by atomic mass is 10.0. The number of aromatic nitrogens is 1. The van der Waals surface area contributed by atoms with E-state index in [2.05, 4.69) is 11.6 Å². The molecule has 9 heteroatoms. The molecule has 1 unspecified atom stereocenters. The first-order valence-electron chi connectivity index (χ1n) is 9.54. The van der Waals surface area contributed by atoms with Gasteiger partial charge in [0.05, 0.1) is 10.2 Å². The summed E-state index contributed by atoms with van der Waals surface area (Å²) in [7, 11) is -3.88. The molecular formula is C20H25N3O4S2. The summed E-state index contributed by atoms with van der Waals surface area (Å²) in [5, 5.41) is 0. The maximum absolute atomic E-state index is 12.4. The smallest absolute Gasteiger partial charge is 0.263 e. The van der Waals surface area contributed by atoms with E-state index < -0.39 is 33.2 Å². The lowest BCUT2D eigenvalue weighted by Crippen LogP contribution is -2.42. The fourth-order valence-corrected chi connectivity index (χ4v) is 5.64. The molecule has 0 saturated carbocycles. The molecule has 1 fully saturated rings. The number of para-hydroxylation sites is 1. The molecule has 0 spiro atoms. The third-order valence-electron chi connectivity index (χ3n) is 4.82. The molecule has 7 nitrogen and oxygen atoms in total. The van der Waals surface area contributed by atoms with Gasteiger partial charge in [-0.3, -0.25) is 9.59 Å². The van der Waals surface area contributed by atoms with Crippen LogP contribution in [0.5, 0.6) is 0 Å². The van der Waals surface area contributed by atoms with Crippen LogP contribution in [0.4, 0.5) is 0 Å². The topological polar surface area (TPSA) is 88.8 Å². The number of benzene rings is 1. The van der Waals surface area contributed by atoms with E-state index in [1.165, 1.54) is 11.3 Å². The molecule has 2 amide bonds. The highest BCUT2D eigenvalue weighted by molar-refractivity contribution is 7.92. The van der Waals surface area contributed by atoms with Gasteiger partial charge < -0.3 is 9.47 Å². The van der Waals surface area contributed by atoms with Crippen LogP contribution in [0.15, 0.2) is 41.9 Å². The van der Waals surface area contributed by atoms with Crippen molar-refractivity contribution < 1.29 is 18.0 Å². The zero-order chi connectivity index (χ0) is 21.0. The standard InChI is InChI=1S/C20H25N3O4S2/c1-3-10-23-16-8-4-5-9-17(16)28-20(23)21-18(24)13-29(26,27)14-19(25)22-11-6-7-15(2)12-22/h3-5,8-9,15H,1,6-7,10-14H2,2H3. The first kappa shape index (κ1) is 21.4. The Morgan fingerprint density at radius 3 is 2.79 bits per heavy atom. The number of rotatable bonds is 6. The Morgan fingerprint density at radius 1 is 1.31 bits per heavy atom. The van der Waals surface area contributed by atoms with Crippen LogP contribution in [-0.4, -0.2) is 54.3 Å². The molecule has 0 radical (unpaired) electrons. The van der Waals surface area contributed by atoms with Crippen molar-refractivity contribution in [1.82, 2.24) is 9.47 Å². The number of piperidine rings is 1. The molecule has 1 aromatic heterocycles. The molecule has 1 saturated heterocycles. The second-order valence-electron chi connectivity index (χ2n) is 7.38. The Balaban J connectivity index is 1.75. The summed E-state index contributed by atoms with van der Waals surface area (Å²) < 4.78 is 27.6. The van der Waals surface area contributed by atoms with Gasteiger partial charge in [0.15, 0.2) is 14.6 Å². The highest BCUT2D eigenvalue weighted by atomic mass is 32.2. The number of carbonyl (C=O) groups is 2. The maximum Gasteiger partial charge on any atom is 0.263 e. The molecule has 1 aliphatic heterocycles. The summed E-state index contributed by atoms with van der Waals surface area (Å²) in [5.41, 5.74) is 0.904. The number of hydrogen-bond donors (Lipinski definition) is 0. The summed E-state index contributed by atoms with van der Waals surface area (Å²) in [4.78, 5) is 30.7. The van der Waals surface area contributed by atoms with E-state index in [9.17, 15) is 18.0 Å². The van der Waals surface area contributed by atoms with Crippen LogP contribution in [0.2, 0.25) is 0 Å². The van der Waals surface area contributed by atoms with Crippen molar-refractivity contribution in [2.45, 2.75) is 26.3 Å². The van der Waals surface area contributed by atoms with Gasteiger partial charge in [-0.15, -0.1) is 6.58 Å². The van der Waals surface area contributed by atoms with Crippen molar-refractivity contribution in [3.63, 3.8) is 0 Å². The number of likely N-dealkylation sites (tertiary alicyclic amines) is 1. The highest BCUT2D eigenvalue weighted by Crippen LogP contribution is 2.17. The van der Waals surface area contributed by atoms with Crippen LogP contribution < -0.4 is 4.80 Å². The number of amides is 2. The Kier molecular flexibility index (Phi) is 6.69. The van der Waals surface area contributed by atoms with Gasteiger partial charge in [0.1, 0.15) is 11.5 Å². The van der Waals surface area contributed by atoms with E-state index >= 15 is 0 Å². The summed E-state index contributed by atoms with van der Waals surface area (Å²) in [5.74, 6) is -2.27. The van der Waals surface area contributed by atoms with Gasteiger partial charge in [0, 0.05) is 19.6 Å². The molecule has 29 heavy (non-hydrogen) atoms. The minimum atomic E-state index is -3.88. The van der Waals surface area contributed by atoms with E-state index in [1.54, 1.807) is 11.0 Å².